The Morgan fingerprint density at radius 1 is 1.24 bits per heavy atom. The molecular formula is C14H13N5OS. The van der Waals surface area contributed by atoms with Gasteiger partial charge in [0.15, 0.2) is 0 Å². The van der Waals surface area contributed by atoms with Crippen molar-refractivity contribution in [2.45, 2.75) is 6.92 Å². The van der Waals surface area contributed by atoms with Crippen LogP contribution in [0.3, 0.4) is 0 Å². The van der Waals surface area contributed by atoms with Gasteiger partial charge in [-0.25, -0.2) is 9.97 Å². The van der Waals surface area contributed by atoms with Gasteiger partial charge in [0, 0.05) is 24.0 Å². The van der Waals surface area contributed by atoms with Gasteiger partial charge in [0.2, 0.25) is 5.13 Å². The second-order valence-electron chi connectivity index (χ2n) is 4.43. The molecule has 2 heterocycles. The van der Waals surface area contributed by atoms with E-state index < -0.39 is 0 Å². The third-order valence-corrected chi connectivity index (χ3v) is 3.68. The first kappa shape index (κ1) is 13.4. The Kier molecular flexibility index (Phi) is 3.49. The van der Waals surface area contributed by atoms with E-state index in [1.165, 1.54) is 0 Å². The number of hydrogen-bond donors (Lipinski definition) is 2. The molecule has 1 aromatic carbocycles. The number of nitrogens with one attached hydrogen (secondary N) is 2. The third-order valence-electron chi connectivity index (χ3n) is 2.96. The molecule has 1 amide bonds. The highest BCUT2D eigenvalue weighted by atomic mass is 32.1. The minimum atomic E-state index is -0.298. The number of anilines is 2. The highest BCUT2D eigenvalue weighted by molar-refractivity contribution is 7.09. The first-order valence-corrected chi connectivity index (χ1v) is 7.14. The maximum Gasteiger partial charge on any atom is 0.276 e. The summed E-state index contributed by atoms with van der Waals surface area (Å²) >= 11 is 1.15. The minimum absolute atomic E-state index is 0.298. The van der Waals surface area contributed by atoms with E-state index in [-0.39, 0.29) is 5.91 Å². The SMILES string of the molecule is CNc1nc(C(=O)Nc2nc(C)ns2)cc2ccccc12. The smallest absolute Gasteiger partial charge is 0.276 e. The highest BCUT2D eigenvalue weighted by Crippen LogP contribution is 2.22. The van der Waals surface area contributed by atoms with E-state index in [1.54, 1.807) is 20.0 Å². The van der Waals surface area contributed by atoms with Crippen LogP contribution in [0.4, 0.5) is 10.9 Å². The summed E-state index contributed by atoms with van der Waals surface area (Å²) in [5.74, 6) is 1.01. The number of aromatic nitrogens is 3. The molecule has 0 saturated carbocycles. The van der Waals surface area contributed by atoms with Crippen LogP contribution >= 0.6 is 11.5 Å². The average molecular weight is 299 g/mol. The van der Waals surface area contributed by atoms with E-state index >= 15 is 0 Å². The maximum absolute atomic E-state index is 12.3. The predicted molar refractivity (Wildman–Crippen MR) is 83.9 cm³/mol. The van der Waals surface area contributed by atoms with Crippen molar-refractivity contribution in [3.05, 3.63) is 41.9 Å². The molecule has 0 aliphatic heterocycles. The van der Waals surface area contributed by atoms with Gasteiger partial charge in [-0.05, 0) is 18.4 Å². The molecule has 3 aromatic rings. The lowest BCUT2D eigenvalue weighted by Crippen LogP contribution is -2.14. The van der Waals surface area contributed by atoms with Gasteiger partial charge in [-0.2, -0.15) is 4.37 Å². The molecular weight excluding hydrogens is 286 g/mol. The topological polar surface area (TPSA) is 79.8 Å². The van der Waals surface area contributed by atoms with E-state index in [0.29, 0.717) is 22.5 Å². The Balaban J connectivity index is 1.98. The standard InChI is InChI=1S/C14H13N5OS/c1-8-16-14(21-19-8)18-13(20)11-7-9-5-3-4-6-10(9)12(15-2)17-11/h3-7H,1-2H3,(H,15,17)(H,16,18,19,20). The summed E-state index contributed by atoms with van der Waals surface area (Å²) in [7, 11) is 1.78. The molecule has 0 aliphatic carbocycles. The number of fused-ring (bicyclic) bond motifs is 1. The van der Waals surface area contributed by atoms with E-state index in [4.69, 9.17) is 0 Å². The van der Waals surface area contributed by atoms with Crippen molar-refractivity contribution in [1.82, 2.24) is 14.3 Å². The van der Waals surface area contributed by atoms with Crippen molar-refractivity contribution in [2.24, 2.45) is 0 Å². The van der Waals surface area contributed by atoms with Crippen LogP contribution in [0.5, 0.6) is 0 Å². The van der Waals surface area contributed by atoms with Crippen LogP contribution in [0.2, 0.25) is 0 Å². The Bertz CT molecular complexity index is 814. The van der Waals surface area contributed by atoms with Crippen LogP contribution in [0, 0.1) is 6.92 Å². The van der Waals surface area contributed by atoms with Gasteiger partial charge in [0.25, 0.3) is 5.91 Å². The van der Waals surface area contributed by atoms with Gasteiger partial charge in [0.1, 0.15) is 17.3 Å². The molecule has 0 unspecified atom stereocenters. The number of rotatable bonds is 3. The van der Waals surface area contributed by atoms with E-state index in [9.17, 15) is 4.79 Å². The van der Waals surface area contributed by atoms with Crippen LogP contribution in [-0.4, -0.2) is 27.3 Å². The fourth-order valence-corrected chi connectivity index (χ4v) is 2.59. The van der Waals surface area contributed by atoms with Crippen LogP contribution in [-0.2, 0) is 0 Å². The van der Waals surface area contributed by atoms with Crippen molar-refractivity contribution in [3.63, 3.8) is 0 Å². The summed E-state index contributed by atoms with van der Waals surface area (Å²) in [6.45, 7) is 1.78. The van der Waals surface area contributed by atoms with Crippen LogP contribution < -0.4 is 10.6 Å². The average Bonchev–Trinajstić information content (AvgIpc) is 2.91. The second-order valence-corrected chi connectivity index (χ2v) is 5.18. The quantitative estimate of drug-likeness (QED) is 0.777. The molecule has 0 aliphatic rings. The van der Waals surface area contributed by atoms with Gasteiger partial charge in [0.05, 0.1) is 0 Å². The highest BCUT2D eigenvalue weighted by Gasteiger charge is 2.13. The number of benzene rings is 1. The molecule has 0 saturated heterocycles. The lowest BCUT2D eigenvalue weighted by molar-refractivity contribution is 0.102. The molecule has 0 fully saturated rings. The van der Waals surface area contributed by atoms with E-state index in [0.717, 1.165) is 22.3 Å². The van der Waals surface area contributed by atoms with E-state index in [2.05, 4.69) is 25.0 Å². The van der Waals surface area contributed by atoms with Crippen molar-refractivity contribution in [1.29, 1.82) is 0 Å². The zero-order valence-corrected chi connectivity index (χ0v) is 12.4. The van der Waals surface area contributed by atoms with Crippen LogP contribution in [0.1, 0.15) is 16.3 Å². The number of carbonyl (C=O) groups excluding carboxylic acids is 1. The zero-order valence-electron chi connectivity index (χ0n) is 11.5. The van der Waals surface area contributed by atoms with Gasteiger partial charge in [-0.15, -0.1) is 0 Å². The van der Waals surface area contributed by atoms with Crippen molar-refractivity contribution in [2.75, 3.05) is 17.7 Å². The molecule has 106 valence electrons. The first-order valence-electron chi connectivity index (χ1n) is 6.36. The molecule has 0 atom stereocenters. The normalized spacial score (nSPS) is 10.6. The van der Waals surface area contributed by atoms with Crippen LogP contribution in [0.25, 0.3) is 10.8 Å². The van der Waals surface area contributed by atoms with Crippen molar-refractivity contribution < 1.29 is 4.79 Å². The van der Waals surface area contributed by atoms with E-state index in [1.807, 2.05) is 24.3 Å². The summed E-state index contributed by atoms with van der Waals surface area (Å²) in [4.78, 5) is 20.7. The maximum atomic E-state index is 12.3. The molecule has 6 nitrogen and oxygen atoms in total. The lowest BCUT2D eigenvalue weighted by Gasteiger charge is -2.08. The lowest BCUT2D eigenvalue weighted by atomic mass is 10.1. The Morgan fingerprint density at radius 3 is 2.76 bits per heavy atom. The van der Waals surface area contributed by atoms with Gasteiger partial charge in [-0.1, -0.05) is 24.3 Å². The number of carbonyl (C=O) groups is 1. The molecule has 2 N–H and O–H groups in total. The predicted octanol–water partition coefficient (Wildman–Crippen LogP) is 2.69. The summed E-state index contributed by atoms with van der Waals surface area (Å²) in [6, 6.07) is 9.54. The van der Waals surface area contributed by atoms with Gasteiger partial charge >= 0.3 is 0 Å². The van der Waals surface area contributed by atoms with Crippen molar-refractivity contribution in [3.8, 4) is 0 Å². The van der Waals surface area contributed by atoms with Crippen molar-refractivity contribution >= 4 is 39.2 Å². The largest absolute Gasteiger partial charge is 0.373 e. The van der Waals surface area contributed by atoms with Crippen LogP contribution in [0.15, 0.2) is 30.3 Å². The Hall–Kier alpha value is -2.54. The monoisotopic (exact) mass is 299 g/mol. The minimum Gasteiger partial charge on any atom is -0.373 e. The summed E-state index contributed by atoms with van der Waals surface area (Å²) < 4.78 is 4.03. The van der Waals surface area contributed by atoms with Gasteiger partial charge in [-0.3, -0.25) is 10.1 Å². The third kappa shape index (κ3) is 2.68. The number of aryl methyl sites for hydroxylation is 1. The summed E-state index contributed by atoms with van der Waals surface area (Å²) in [6.07, 6.45) is 0. The van der Waals surface area contributed by atoms with Gasteiger partial charge < -0.3 is 5.32 Å². The summed E-state index contributed by atoms with van der Waals surface area (Å²) in [5, 5.41) is 8.13. The number of nitrogens with zero attached hydrogens (tertiary/aromatic N) is 3. The summed E-state index contributed by atoms with van der Waals surface area (Å²) in [5.41, 5.74) is 0.339. The first-order chi connectivity index (χ1) is 10.2. The molecule has 7 heteroatoms. The Labute approximate surface area is 125 Å². The molecule has 0 spiro atoms. The number of hydrogen-bond acceptors (Lipinski definition) is 6. The zero-order chi connectivity index (χ0) is 14.8. The molecule has 3 rings (SSSR count). The molecule has 2 aromatic heterocycles. The molecule has 0 radical (unpaired) electrons. The fourth-order valence-electron chi connectivity index (χ4n) is 2.01. The number of pyridine rings is 1. The number of amides is 1. The Morgan fingerprint density at radius 2 is 2.05 bits per heavy atom. The second kappa shape index (κ2) is 5.45. The molecule has 21 heavy (non-hydrogen) atoms. The molecule has 0 bridgehead atoms. The fraction of sp³-hybridized carbons (Fsp3) is 0.143.